The zero-order valence-electron chi connectivity index (χ0n) is 13.4. The second-order valence-electron chi connectivity index (χ2n) is 4.85. The minimum absolute atomic E-state index is 0.575. The molecule has 0 spiro atoms. The number of nitrogens with zero attached hydrogens (tertiary/aromatic N) is 1. The summed E-state index contributed by atoms with van der Waals surface area (Å²) >= 11 is 0. The molecule has 0 radical (unpaired) electrons. The average Bonchev–Trinajstić information content (AvgIpc) is 2.43. The third kappa shape index (κ3) is 13.6. The summed E-state index contributed by atoms with van der Waals surface area (Å²) in [6, 6.07) is 0. The van der Waals surface area contributed by atoms with E-state index in [2.05, 4.69) is 29.5 Å². The van der Waals surface area contributed by atoms with E-state index in [1.165, 1.54) is 0 Å². The fraction of sp³-hybridized carbons (Fsp3) is 0.929. The molecule has 0 aliphatic rings. The van der Waals surface area contributed by atoms with Crippen LogP contribution in [0.4, 0.5) is 0 Å². The van der Waals surface area contributed by atoms with E-state index in [-0.39, 0.29) is 0 Å². The molecule has 0 saturated heterocycles. The number of hydrogen-bond acceptors (Lipinski definition) is 4. The smallest absolute Gasteiger partial charge is 0.191 e. The summed E-state index contributed by atoms with van der Waals surface area (Å²) < 4.78 is 15.8. The van der Waals surface area contributed by atoms with Crippen LogP contribution in [0.1, 0.15) is 20.3 Å². The monoisotopic (exact) mass is 289 g/mol. The summed E-state index contributed by atoms with van der Waals surface area (Å²) in [5, 5.41) is 6.44. The van der Waals surface area contributed by atoms with E-state index < -0.39 is 0 Å². The molecule has 0 rings (SSSR count). The standard InChI is InChI=1S/C14H31N3O3/c1-13(2)12-20-9-7-17-14(15-3)16-6-5-8-19-11-10-18-4/h13H,5-12H2,1-4H3,(H2,15,16,17). The second kappa shape index (κ2) is 14.6. The van der Waals surface area contributed by atoms with Crippen molar-refractivity contribution in [2.24, 2.45) is 10.9 Å². The number of hydrogen-bond donors (Lipinski definition) is 2. The van der Waals surface area contributed by atoms with Gasteiger partial charge in [-0.3, -0.25) is 4.99 Å². The van der Waals surface area contributed by atoms with Gasteiger partial charge < -0.3 is 24.8 Å². The van der Waals surface area contributed by atoms with Crippen LogP contribution in [0.5, 0.6) is 0 Å². The maximum Gasteiger partial charge on any atom is 0.191 e. The highest BCUT2D eigenvalue weighted by Gasteiger charge is 1.97. The molecular weight excluding hydrogens is 258 g/mol. The van der Waals surface area contributed by atoms with E-state index in [1.54, 1.807) is 14.2 Å². The van der Waals surface area contributed by atoms with Crippen molar-refractivity contribution in [1.82, 2.24) is 10.6 Å². The van der Waals surface area contributed by atoms with E-state index in [0.29, 0.717) is 25.7 Å². The number of rotatable bonds is 12. The van der Waals surface area contributed by atoms with Gasteiger partial charge in [-0.25, -0.2) is 0 Å². The van der Waals surface area contributed by atoms with Crippen LogP contribution in [0, 0.1) is 5.92 Å². The number of aliphatic imine (C=N–C) groups is 1. The molecule has 0 heterocycles. The van der Waals surface area contributed by atoms with Gasteiger partial charge in [-0.1, -0.05) is 13.8 Å². The maximum atomic E-state index is 5.49. The molecule has 0 bridgehead atoms. The average molecular weight is 289 g/mol. The van der Waals surface area contributed by atoms with Crippen LogP contribution in [0.15, 0.2) is 4.99 Å². The van der Waals surface area contributed by atoms with Gasteiger partial charge in [0.1, 0.15) is 0 Å². The molecule has 0 atom stereocenters. The first-order valence-electron chi connectivity index (χ1n) is 7.29. The van der Waals surface area contributed by atoms with Crippen LogP contribution in [-0.2, 0) is 14.2 Å². The lowest BCUT2D eigenvalue weighted by Crippen LogP contribution is -2.39. The van der Waals surface area contributed by atoms with Crippen molar-refractivity contribution in [3.8, 4) is 0 Å². The number of methoxy groups -OCH3 is 1. The summed E-state index contributed by atoms with van der Waals surface area (Å²) in [5.74, 6) is 1.38. The fourth-order valence-corrected chi connectivity index (χ4v) is 1.41. The maximum absolute atomic E-state index is 5.49. The molecule has 0 fully saturated rings. The summed E-state index contributed by atoms with van der Waals surface area (Å²) in [6.07, 6.45) is 0.939. The second-order valence-corrected chi connectivity index (χ2v) is 4.85. The van der Waals surface area contributed by atoms with Gasteiger partial charge in [0.25, 0.3) is 0 Å². The van der Waals surface area contributed by atoms with Crippen molar-refractivity contribution in [1.29, 1.82) is 0 Å². The van der Waals surface area contributed by atoms with Crippen LogP contribution in [-0.4, -0.2) is 66.2 Å². The summed E-state index contributed by atoms with van der Waals surface area (Å²) in [5.41, 5.74) is 0. The Bertz CT molecular complexity index is 236. The molecule has 0 amide bonds. The molecule has 0 aliphatic heterocycles. The molecule has 6 heteroatoms. The van der Waals surface area contributed by atoms with Gasteiger partial charge in [-0.15, -0.1) is 0 Å². The highest BCUT2D eigenvalue weighted by molar-refractivity contribution is 5.79. The Labute approximate surface area is 123 Å². The molecule has 0 aromatic rings. The third-order valence-electron chi connectivity index (χ3n) is 2.40. The van der Waals surface area contributed by atoms with Gasteiger partial charge in [0.15, 0.2) is 5.96 Å². The van der Waals surface area contributed by atoms with Gasteiger partial charge in [0, 0.05) is 40.5 Å². The first kappa shape index (κ1) is 19.1. The Balaban J connectivity index is 3.39. The minimum Gasteiger partial charge on any atom is -0.382 e. The Morgan fingerprint density at radius 3 is 2.40 bits per heavy atom. The molecule has 2 N–H and O–H groups in total. The largest absolute Gasteiger partial charge is 0.382 e. The Morgan fingerprint density at radius 1 is 1.00 bits per heavy atom. The Morgan fingerprint density at radius 2 is 1.75 bits per heavy atom. The molecular formula is C14H31N3O3. The molecule has 120 valence electrons. The molecule has 6 nitrogen and oxygen atoms in total. The van der Waals surface area contributed by atoms with Gasteiger partial charge >= 0.3 is 0 Å². The minimum atomic E-state index is 0.575. The Kier molecular flexibility index (Phi) is 13.9. The van der Waals surface area contributed by atoms with Crippen molar-refractivity contribution in [2.45, 2.75) is 20.3 Å². The fourth-order valence-electron chi connectivity index (χ4n) is 1.41. The predicted octanol–water partition coefficient (Wildman–Crippen LogP) is 0.877. The van der Waals surface area contributed by atoms with E-state index >= 15 is 0 Å². The van der Waals surface area contributed by atoms with Crippen molar-refractivity contribution in [3.05, 3.63) is 0 Å². The normalized spacial score (nSPS) is 11.9. The predicted molar refractivity (Wildman–Crippen MR) is 82.3 cm³/mol. The summed E-state index contributed by atoms with van der Waals surface area (Å²) in [4.78, 5) is 4.15. The number of guanidine groups is 1. The molecule has 0 aromatic heterocycles. The van der Waals surface area contributed by atoms with Gasteiger partial charge in [0.05, 0.1) is 19.8 Å². The van der Waals surface area contributed by atoms with Crippen LogP contribution in [0.2, 0.25) is 0 Å². The van der Waals surface area contributed by atoms with Crippen molar-refractivity contribution < 1.29 is 14.2 Å². The van der Waals surface area contributed by atoms with E-state index in [4.69, 9.17) is 14.2 Å². The van der Waals surface area contributed by atoms with Crippen LogP contribution in [0.3, 0.4) is 0 Å². The molecule has 0 aliphatic carbocycles. The first-order chi connectivity index (χ1) is 9.70. The quantitative estimate of drug-likeness (QED) is 0.317. The van der Waals surface area contributed by atoms with Crippen molar-refractivity contribution >= 4 is 5.96 Å². The summed E-state index contributed by atoms with van der Waals surface area (Å²) in [7, 11) is 3.44. The Hall–Kier alpha value is -0.850. The lowest BCUT2D eigenvalue weighted by Gasteiger charge is -2.12. The van der Waals surface area contributed by atoms with E-state index in [1.807, 2.05) is 0 Å². The SMILES string of the molecule is CN=C(NCCCOCCOC)NCCOCC(C)C. The molecule has 0 saturated carbocycles. The first-order valence-corrected chi connectivity index (χ1v) is 7.29. The highest BCUT2D eigenvalue weighted by Crippen LogP contribution is 1.90. The number of nitrogens with one attached hydrogen (secondary N) is 2. The topological polar surface area (TPSA) is 64.1 Å². The molecule has 20 heavy (non-hydrogen) atoms. The third-order valence-corrected chi connectivity index (χ3v) is 2.40. The van der Waals surface area contributed by atoms with E-state index in [0.717, 1.165) is 38.7 Å². The van der Waals surface area contributed by atoms with Crippen molar-refractivity contribution in [2.75, 3.05) is 60.3 Å². The van der Waals surface area contributed by atoms with Crippen molar-refractivity contribution in [3.63, 3.8) is 0 Å². The zero-order chi connectivity index (χ0) is 15.1. The summed E-state index contributed by atoms with van der Waals surface area (Å²) in [6.45, 7) is 9.39. The van der Waals surface area contributed by atoms with Gasteiger partial charge in [-0.05, 0) is 12.3 Å². The van der Waals surface area contributed by atoms with Crippen LogP contribution < -0.4 is 10.6 Å². The van der Waals surface area contributed by atoms with Crippen LogP contribution in [0.25, 0.3) is 0 Å². The molecule has 0 unspecified atom stereocenters. The number of ether oxygens (including phenoxy) is 3. The van der Waals surface area contributed by atoms with Crippen LogP contribution >= 0.6 is 0 Å². The van der Waals surface area contributed by atoms with Gasteiger partial charge in [-0.2, -0.15) is 0 Å². The lowest BCUT2D eigenvalue weighted by molar-refractivity contribution is 0.0698. The van der Waals surface area contributed by atoms with Gasteiger partial charge in [0.2, 0.25) is 0 Å². The molecule has 0 aromatic carbocycles. The lowest BCUT2D eigenvalue weighted by atomic mass is 10.2. The highest BCUT2D eigenvalue weighted by atomic mass is 16.5. The zero-order valence-corrected chi connectivity index (χ0v) is 13.4. The van der Waals surface area contributed by atoms with E-state index in [9.17, 15) is 0 Å².